The fourth-order valence-corrected chi connectivity index (χ4v) is 1.86. The number of aromatic hydroxyl groups is 1. The third-order valence-electron chi connectivity index (χ3n) is 1.69. The van der Waals surface area contributed by atoms with Crippen molar-refractivity contribution in [2.75, 3.05) is 0 Å². The summed E-state index contributed by atoms with van der Waals surface area (Å²) >= 11 is 0. The van der Waals surface area contributed by atoms with Gasteiger partial charge in [-0.25, -0.2) is 0 Å². The number of hydrogen-bond donors (Lipinski definition) is 3. The van der Waals surface area contributed by atoms with Crippen LogP contribution in [0, 0.1) is 0 Å². The second-order valence-corrected chi connectivity index (χ2v) is 3.96. The summed E-state index contributed by atoms with van der Waals surface area (Å²) < 4.78 is 30.6. The molecule has 2 rings (SSSR count). The van der Waals surface area contributed by atoms with E-state index in [1.165, 1.54) is 6.07 Å². The van der Waals surface area contributed by atoms with E-state index in [0.29, 0.717) is 5.52 Å². The molecule has 7 nitrogen and oxygen atoms in total. The number of phenols is 1. The Morgan fingerprint density at radius 1 is 1.36 bits per heavy atom. The van der Waals surface area contributed by atoms with Crippen LogP contribution in [0.3, 0.4) is 0 Å². The van der Waals surface area contributed by atoms with Gasteiger partial charge in [-0.2, -0.15) is 8.42 Å². The van der Waals surface area contributed by atoms with E-state index in [0.717, 1.165) is 6.07 Å². The minimum absolute atomic E-state index is 0.0903. The predicted octanol–water partition coefficient (Wildman–Crippen LogP) is -0.0898. The van der Waals surface area contributed by atoms with Gasteiger partial charge >= 0.3 is 10.1 Å². The van der Waals surface area contributed by atoms with E-state index in [4.69, 9.17) is 4.55 Å². The number of nitrogens with zero attached hydrogens (tertiary/aromatic N) is 2. The highest BCUT2D eigenvalue weighted by Gasteiger charge is 2.21. The number of aromatic amines is 1. The minimum atomic E-state index is -4.50. The highest BCUT2D eigenvalue weighted by molar-refractivity contribution is 7.86. The third-order valence-corrected chi connectivity index (χ3v) is 2.61. The van der Waals surface area contributed by atoms with Crippen LogP contribution in [0.1, 0.15) is 0 Å². The highest BCUT2D eigenvalue weighted by Crippen LogP contribution is 2.28. The molecule has 0 amide bonds. The van der Waals surface area contributed by atoms with Crippen molar-refractivity contribution in [3.63, 3.8) is 0 Å². The van der Waals surface area contributed by atoms with E-state index >= 15 is 0 Å². The molecular weight excluding hydrogens is 210 g/mol. The van der Waals surface area contributed by atoms with Crippen molar-refractivity contribution in [1.82, 2.24) is 15.4 Å². The van der Waals surface area contributed by atoms with Crippen molar-refractivity contribution in [2.45, 2.75) is 4.90 Å². The van der Waals surface area contributed by atoms with Gasteiger partial charge < -0.3 is 5.11 Å². The van der Waals surface area contributed by atoms with Crippen molar-refractivity contribution in [1.29, 1.82) is 0 Å². The van der Waals surface area contributed by atoms with Crippen LogP contribution in [-0.2, 0) is 10.1 Å². The Balaban J connectivity index is 2.98. The largest absolute Gasteiger partial charge is 0.506 e. The lowest BCUT2D eigenvalue weighted by Gasteiger charge is -1.99. The first-order chi connectivity index (χ1) is 6.50. The first kappa shape index (κ1) is 8.91. The number of benzene rings is 1. The Kier molecular flexibility index (Phi) is 1.69. The fourth-order valence-electron chi connectivity index (χ4n) is 1.13. The fraction of sp³-hybridized carbons (Fsp3) is 0. The topological polar surface area (TPSA) is 116 Å². The quantitative estimate of drug-likeness (QED) is 0.572. The average molecular weight is 215 g/mol. The maximum Gasteiger partial charge on any atom is 0.300 e. The van der Waals surface area contributed by atoms with Crippen molar-refractivity contribution in [2.24, 2.45) is 0 Å². The number of nitrogens with one attached hydrogen (secondary N) is 1. The summed E-state index contributed by atoms with van der Waals surface area (Å²) in [5, 5.41) is 18.4. The predicted molar refractivity (Wildman–Crippen MR) is 45.4 cm³/mol. The maximum absolute atomic E-state index is 10.9. The molecule has 0 radical (unpaired) electrons. The van der Waals surface area contributed by atoms with Gasteiger partial charge in [-0.05, 0) is 12.1 Å². The normalized spacial score (nSPS) is 12.1. The van der Waals surface area contributed by atoms with Gasteiger partial charge in [0.2, 0.25) is 0 Å². The molecule has 0 unspecified atom stereocenters. The summed E-state index contributed by atoms with van der Waals surface area (Å²) in [6.45, 7) is 0. The monoisotopic (exact) mass is 215 g/mol. The number of fused-ring (bicyclic) bond motifs is 1. The Bertz CT molecular complexity index is 588. The molecule has 0 atom stereocenters. The van der Waals surface area contributed by atoms with Crippen LogP contribution in [0.25, 0.3) is 11.0 Å². The molecule has 0 spiro atoms. The van der Waals surface area contributed by atoms with Crippen LogP contribution in [0.15, 0.2) is 17.0 Å². The second kappa shape index (κ2) is 2.66. The Morgan fingerprint density at radius 3 is 2.71 bits per heavy atom. The summed E-state index contributed by atoms with van der Waals surface area (Å²) in [6, 6.07) is 2.53. The number of aromatic nitrogens is 3. The molecule has 8 heteroatoms. The van der Waals surface area contributed by atoms with E-state index in [-0.39, 0.29) is 5.52 Å². The highest BCUT2D eigenvalue weighted by atomic mass is 32.2. The average Bonchev–Trinajstić information content (AvgIpc) is 2.48. The summed E-state index contributed by atoms with van der Waals surface area (Å²) in [6.07, 6.45) is 0. The van der Waals surface area contributed by atoms with Gasteiger partial charge in [0.05, 0.1) is 5.52 Å². The molecule has 1 aromatic carbocycles. The lowest BCUT2D eigenvalue weighted by molar-refractivity contribution is 0.445. The van der Waals surface area contributed by atoms with E-state index in [1.54, 1.807) is 0 Å². The number of hydrogen-bond acceptors (Lipinski definition) is 5. The standard InChI is InChI=1S/C6H5N3O4S/c10-4-2-1-3-5(8-9-7-3)6(4)14(11,12)13/h1-2,10H,(H,7,8,9)(H,11,12,13). The second-order valence-electron chi connectivity index (χ2n) is 2.60. The van der Waals surface area contributed by atoms with Crippen LogP contribution in [0.5, 0.6) is 5.75 Å². The molecule has 0 fully saturated rings. The molecule has 2 aromatic rings. The first-order valence-electron chi connectivity index (χ1n) is 3.50. The van der Waals surface area contributed by atoms with Crippen molar-refractivity contribution in [3.05, 3.63) is 12.1 Å². The Hall–Kier alpha value is -1.67. The molecule has 0 aliphatic heterocycles. The van der Waals surface area contributed by atoms with Gasteiger partial charge in [0.1, 0.15) is 11.3 Å². The number of phenolic OH excluding ortho intramolecular Hbond substituents is 1. The lowest BCUT2D eigenvalue weighted by Crippen LogP contribution is -1.99. The van der Waals surface area contributed by atoms with E-state index in [2.05, 4.69) is 15.4 Å². The molecule has 1 aromatic heterocycles. The van der Waals surface area contributed by atoms with Gasteiger partial charge in [0, 0.05) is 0 Å². The van der Waals surface area contributed by atoms with Gasteiger partial charge in [-0.15, -0.1) is 5.10 Å². The summed E-state index contributed by atoms with van der Waals surface area (Å²) in [5.41, 5.74) is 0.225. The van der Waals surface area contributed by atoms with Crippen LogP contribution >= 0.6 is 0 Å². The molecule has 14 heavy (non-hydrogen) atoms. The maximum atomic E-state index is 10.9. The van der Waals surface area contributed by atoms with Gasteiger partial charge in [0.15, 0.2) is 4.90 Å². The summed E-state index contributed by atoms with van der Waals surface area (Å²) in [5.74, 6) is -0.561. The molecule has 0 saturated carbocycles. The zero-order valence-electron chi connectivity index (χ0n) is 6.67. The number of rotatable bonds is 1. The van der Waals surface area contributed by atoms with Crippen LogP contribution in [0.2, 0.25) is 0 Å². The molecule has 0 aliphatic rings. The molecule has 3 N–H and O–H groups in total. The zero-order valence-corrected chi connectivity index (χ0v) is 7.48. The van der Waals surface area contributed by atoms with Crippen LogP contribution < -0.4 is 0 Å². The van der Waals surface area contributed by atoms with Gasteiger partial charge in [-0.1, -0.05) is 5.21 Å². The molecule has 1 heterocycles. The Labute approximate surface area is 78.1 Å². The summed E-state index contributed by atoms with van der Waals surface area (Å²) in [7, 11) is -4.50. The molecule has 0 aliphatic carbocycles. The Morgan fingerprint density at radius 2 is 2.07 bits per heavy atom. The van der Waals surface area contributed by atoms with Crippen LogP contribution in [-0.4, -0.2) is 33.5 Å². The van der Waals surface area contributed by atoms with E-state index < -0.39 is 20.8 Å². The first-order valence-corrected chi connectivity index (χ1v) is 4.94. The van der Waals surface area contributed by atoms with Gasteiger partial charge in [-0.3, -0.25) is 9.65 Å². The van der Waals surface area contributed by atoms with Crippen molar-refractivity contribution >= 4 is 21.2 Å². The molecular formula is C6H5N3O4S. The lowest BCUT2D eigenvalue weighted by atomic mass is 10.3. The van der Waals surface area contributed by atoms with Crippen LogP contribution in [0.4, 0.5) is 0 Å². The van der Waals surface area contributed by atoms with Crippen molar-refractivity contribution < 1.29 is 18.1 Å². The van der Waals surface area contributed by atoms with E-state index in [9.17, 15) is 13.5 Å². The van der Waals surface area contributed by atoms with E-state index in [1.807, 2.05) is 0 Å². The summed E-state index contributed by atoms with van der Waals surface area (Å²) in [4.78, 5) is -0.635. The third kappa shape index (κ3) is 1.20. The molecule has 0 bridgehead atoms. The zero-order chi connectivity index (χ0) is 10.3. The number of H-pyrrole nitrogens is 1. The SMILES string of the molecule is O=S(=O)(O)c1c(O)ccc2[nH]nnc12. The van der Waals surface area contributed by atoms with Gasteiger partial charge in [0.25, 0.3) is 0 Å². The molecule has 0 saturated heterocycles. The smallest absolute Gasteiger partial charge is 0.300 e. The van der Waals surface area contributed by atoms with Crippen molar-refractivity contribution in [3.8, 4) is 5.75 Å². The molecule has 74 valence electrons. The minimum Gasteiger partial charge on any atom is -0.506 e.